The second-order valence-electron chi connectivity index (χ2n) is 6.15. The highest BCUT2D eigenvalue weighted by atomic mass is 35.5. The predicted molar refractivity (Wildman–Crippen MR) is 92.6 cm³/mol. The number of nitrogens with zero attached hydrogens (tertiary/aromatic N) is 3. The topological polar surface area (TPSA) is 114 Å². The van der Waals surface area contributed by atoms with E-state index in [0.717, 1.165) is 31.4 Å². The largest absolute Gasteiger partial charge is 0.452 e. The van der Waals surface area contributed by atoms with Crippen LogP contribution >= 0.6 is 11.6 Å². The molecule has 0 spiro atoms. The summed E-state index contributed by atoms with van der Waals surface area (Å²) in [5, 5.41) is 20.7. The lowest BCUT2D eigenvalue weighted by atomic mass is 9.81. The minimum atomic E-state index is -1.02. The Morgan fingerprint density at radius 2 is 2.04 bits per heavy atom. The average molecular weight is 380 g/mol. The molecule has 0 N–H and O–H groups in total. The van der Waals surface area contributed by atoms with Crippen molar-refractivity contribution < 1.29 is 19.2 Å². The molecule has 0 bridgehead atoms. The summed E-state index contributed by atoms with van der Waals surface area (Å²) in [5.74, 6) is -1.55. The SMILES string of the molecule is CN(C(=O)COC(=O)c1cc(Cl)ccc1[N+](=O)[O-])C1(C#N)CCCCC1. The van der Waals surface area contributed by atoms with Gasteiger partial charge in [-0.3, -0.25) is 14.9 Å². The molecule has 0 aliphatic heterocycles. The molecular formula is C17H18ClN3O5. The van der Waals surface area contributed by atoms with Gasteiger partial charge in [0, 0.05) is 18.1 Å². The number of hydrogen-bond acceptors (Lipinski definition) is 6. The molecule has 0 saturated heterocycles. The van der Waals surface area contributed by atoms with E-state index < -0.39 is 34.6 Å². The van der Waals surface area contributed by atoms with E-state index in [4.69, 9.17) is 16.3 Å². The molecule has 1 amide bonds. The van der Waals surface area contributed by atoms with Gasteiger partial charge in [-0.1, -0.05) is 30.9 Å². The van der Waals surface area contributed by atoms with Gasteiger partial charge < -0.3 is 9.64 Å². The first-order valence-electron chi connectivity index (χ1n) is 8.10. The Labute approximate surface area is 155 Å². The van der Waals surface area contributed by atoms with Crippen molar-refractivity contribution in [2.24, 2.45) is 0 Å². The molecular weight excluding hydrogens is 362 g/mol. The van der Waals surface area contributed by atoms with Crippen molar-refractivity contribution in [1.29, 1.82) is 5.26 Å². The molecule has 138 valence electrons. The second kappa shape index (κ2) is 8.15. The van der Waals surface area contributed by atoms with Crippen molar-refractivity contribution in [2.45, 2.75) is 37.6 Å². The normalized spacial score (nSPS) is 15.6. The quantitative estimate of drug-likeness (QED) is 0.441. The Balaban J connectivity index is 2.07. The zero-order valence-corrected chi connectivity index (χ0v) is 15.0. The van der Waals surface area contributed by atoms with Crippen LogP contribution in [0.5, 0.6) is 0 Å². The number of carbonyl (C=O) groups is 2. The predicted octanol–water partition coefficient (Wildman–Crippen LogP) is 3.09. The summed E-state index contributed by atoms with van der Waals surface area (Å²) in [4.78, 5) is 36.1. The van der Waals surface area contributed by atoms with Gasteiger partial charge in [-0.15, -0.1) is 0 Å². The van der Waals surface area contributed by atoms with Crippen LogP contribution in [-0.4, -0.2) is 40.9 Å². The Morgan fingerprint density at radius 3 is 2.62 bits per heavy atom. The molecule has 0 aromatic heterocycles. The fourth-order valence-corrected chi connectivity index (χ4v) is 3.20. The number of nitro groups is 1. The first-order chi connectivity index (χ1) is 12.3. The lowest BCUT2D eigenvalue weighted by Gasteiger charge is -2.38. The molecule has 1 aromatic carbocycles. The third-order valence-corrected chi connectivity index (χ3v) is 4.84. The van der Waals surface area contributed by atoms with E-state index in [1.165, 1.54) is 18.0 Å². The summed E-state index contributed by atoms with van der Waals surface area (Å²) in [6.45, 7) is -0.609. The summed E-state index contributed by atoms with van der Waals surface area (Å²) in [6, 6.07) is 5.71. The fourth-order valence-electron chi connectivity index (χ4n) is 3.03. The van der Waals surface area contributed by atoms with Gasteiger partial charge in [-0.25, -0.2) is 4.79 Å². The highest BCUT2D eigenvalue weighted by molar-refractivity contribution is 6.31. The van der Waals surface area contributed by atoms with Gasteiger partial charge in [0.15, 0.2) is 6.61 Å². The van der Waals surface area contributed by atoms with Crippen LogP contribution in [0.1, 0.15) is 42.5 Å². The van der Waals surface area contributed by atoms with Crippen LogP contribution < -0.4 is 0 Å². The van der Waals surface area contributed by atoms with Gasteiger partial charge in [0.05, 0.1) is 11.0 Å². The zero-order valence-electron chi connectivity index (χ0n) is 14.2. The lowest BCUT2D eigenvalue weighted by Crippen LogP contribution is -2.51. The average Bonchev–Trinajstić information content (AvgIpc) is 2.65. The summed E-state index contributed by atoms with van der Waals surface area (Å²) in [7, 11) is 1.51. The monoisotopic (exact) mass is 379 g/mol. The van der Waals surface area contributed by atoms with E-state index in [1.54, 1.807) is 0 Å². The Bertz CT molecular complexity index is 768. The number of likely N-dealkylation sites (N-methyl/N-ethyl adjacent to an activating group) is 1. The first-order valence-corrected chi connectivity index (χ1v) is 8.47. The van der Waals surface area contributed by atoms with Crippen LogP contribution in [0.25, 0.3) is 0 Å². The van der Waals surface area contributed by atoms with Crippen molar-refractivity contribution in [3.63, 3.8) is 0 Å². The van der Waals surface area contributed by atoms with Crippen LogP contribution in [0.3, 0.4) is 0 Å². The number of carbonyl (C=O) groups excluding carboxylic acids is 2. The minimum absolute atomic E-state index is 0.136. The van der Waals surface area contributed by atoms with Crippen LogP contribution in [0.4, 0.5) is 5.69 Å². The van der Waals surface area contributed by atoms with Gasteiger partial charge >= 0.3 is 5.97 Å². The summed E-state index contributed by atoms with van der Waals surface area (Å²) >= 11 is 5.78. The number of esters is 1. The standard InChI is InChI=1S/C17H18ClN3O5/c1-20(17(11-19)7-3-2-4-8-17)15(22)10-26-16(23)13-9-12(18)5-6-14(13)21(24)25/h5-6,9H,2-4,7-8,10H2,1H3. The van der Waals surface area contributed by atoms with E-state index >= 15 is 0 Å². The molecule has 0 unspecified atom stereocenters. The van der Waals surface area contributed by atoms with E-state index in [-0.39, 0.29) is 10.6 Å². The third kappa shape index (κ3) is 4.11. The molecule has 9 heteroatoms. The molecule has 26 heavy (non-hydrogen) atoms. The smallest absolute Gasteiger partial charge is 0.345 e. The summed E-state index contributed by atoms with van der Waals surface area (Å²) < 4.78 is 4.93. The number of hydrogen-bond donors (Lipinski definition) is 0. The maximum atomic E-state index is 12.4. The summed E-state index contributed by atoms with van der Waals surface area (Å²) in [6.07, 6.45) is 3.84. The van der Waals surface area contributed by atoms with Crippen molar-refractivity contribution >= 4 is 29.2 Å². The number of benzene rings is 1. The van der Waals surface area contributed by atoms with Crippen LogP contribution in [0.2, 0.25) is 5.02 Å². The molecule has 1 fully saturated rings. The van der Waals surface area contributed by atoms with Gasteiger partial charge in [-0.2, -0.15) is 5.26 Å². The molecule has 8 nitrogen and oxygen atoms in total. The number of ether oxygens (including phenoxy) is 1. The molecule has 1 aromatic rings. The third-order valence-electron chi connectivity index (χ3n) is 4.61. The molecule has 2 rings (SSSR count). The Kier molecular flexibility index (Phi) is 6.16. The number of nitriles is 1. The highest BCUT2D eigenvalue weighted by Crippen LogP contribution is 2.32. The molecule has 0 atom stereocenters. The number of halogens is 1. The minimum Gasteiger partial charge on any atom is -0.452 e. The highest BCUT2D eigenvalue weighted by Gasteiger charge is 2.39. The van der Waals surface area contributed by atoms with E-state index in [1.807, 2.05) is 0 Å². The molecule has 1 aliphatic rings. The van der Waals surface area contributed by atoms with Gasteiger partial charge in [0.2, 0.25) is 0 Å². The van der Waals surface area contributed by atoms with E-state index in [9.17, 15) is 25.0 Å². The maximum Gasteiger partial charge on any atom is 0.345 e. The molecule has 0 heterocycles. The number of rotatable bonds is 5. The van der Waals surface area contributed by atoms with Crippen molar-refractivity contribution in [3.05, 3.63) is 38.9 Å². The fraction of sp³-hybridized carbons (Fsp3) is 0.471. The van der Waals surface area contributed by atoms with Gasteiger partial charge in [-0.05, 0) is 25.0 Å². The Hall–Kier alpha value is -2.66. The Morgan fingerprint density at radius 1 is 1.38 bits per heavy atom. The molecule has 0 radical (unpaired) electrons. The van der Waals surface area contributed by atoms with Gasteiger partial charge in [0.25, 0.3) is 11.6 Å². The van der Waals surface area contributed by atoms with Crippen LogP contribution in [-0.2, 0) is 9.53 Å². The van der Waals surface area contributed by atoms with Crippen molar-refractivity contribution in [3.8, 4) is 6.07 Å². The van der Waals surface area contributed by atoms with Crippen LogP contribution in [0.15, 0.2) is 18.2 Å². The maximum absolute atomic E-state index is 12.4. The van der Waals surface area contributed by atoms with Crippen LogP contribution in [0, 0.1) is 21.4 Å². The number of nitro benzene ring substituents is 1. The second-order valence-corrected chi connectivity index (χ2v) is 6.59. The van der Waals surface area contributed by atoms with Crippen molar-refractivity contribution in [2.75, 3.05) is 13.7 Å². The molecule has 1 saturated carbocycles. The van der Waals surface area contributed by atoms with E-state index in [0.29, 0.717) is 12.8 Å². The summed E-state index contributed by atoms with van der Waals surface area (Å²) in [5.41, 5.74) is -1.68. The first kappa shape index (κ1) is 19.7. The zero-order chi connectivity index (χ0) is 19.3. The lowest BCUT2D eigenvalue weighted by molar-refractivity contribution is -0.385. The number of amides is 1. The van der Waals surface area contributed by atoms with Gasteiger partial charge in [0.1, 0.15) is 11.1 Å². The molecule has 1 aliphatic carbocycles. The van der Waals surface area contributed by atoms with Crippen molar-refractivity contribution in [1.82, 2.24) is 4.90 Å². The van der Waals surface area contributed by atoms with E-state index in [2.05, 4.69) is 6.07 Å².